The summed E-state index contributed by atoms with van der Waals surface area (Å²) in [5.41, 5.74) is 4.29. The predicted octanol–water partition coefficient (Wildman–Crippen LogP) is 2.70. The van der Waals surface area contributed by atoms with E-state index in [4.69, 9.17) is 0 Å². The lowest BCUT2D eigenvalue weighted by Gasteiger charge is -2.23. The lowest BCUT2D eigenvalue weighted by molar-refractivity contribution is -0.134. The second-order valence-electron chi connectivity index (χ2n) is 7.91. The number of hydrogen-bond acceptors (Lipinski definition) is 4. The second-order valence-corrected chi connectivity index (χ2v) is 7.91. The number of hydroxylamine groups is 2. The molecule has 0 radical (unpaired) electrons. The van der Waals surface area contributed by atoms with Crippen molar-refractivity contribution < 1.29 is 14.8 Å². The molecule has 2 rings (SSSR count). The summed E-state index contributed by atoms with van der Waals surface area (Å²) in [4.78, 5) is 27.9. The van der Waals surface area contributed by atoms with Gasteiger partial charge in [0.15, 0.2) is 0 Å². The molecule has 6 heteroatoms. The van der Waals surface area contributed by atoms with Gasteiger partial charge in [-0.05, 0) is 25.0 Å². The highest BCUT2D eigenvalue weighted by atomic mass is 16.5. The van der Waals surface area contributed by atoms with E-state index < -0.39 is 0 Å². The van der Waals surface area contributed by atoms with Crippen molar-refractivity contribution in [3.63, 3.8) is 0 Å². The molecule has 2 aromatic rings. The lowest BCUT2D eigenvalue weighted by Crippen LogP contribution is -2.40. The van der Waals surface area contributed by atoms with Gasteiger partial charge in [-0.15, -0.1) is 0 Å². The molecule has 0 aromatic heterocycles. The summed E-state index contributed by atoms with van der Waals surface area (Å²) in [5.74, 6) is 0.0234. The Morgan fingerprint density at radius 3 is 1.33 bits per heavy atom. The third-order valence-electron chi connectivity index (χ3n) is 5.19. The Kier molecular flexibility index (Phi) is 9.02. The molecule has 0 aliphatic heterocycles. The third kappa shape index (κ3) is 7.97. The zero-order chi connectivity index (χ0) is 22.1. The Hall–Kier alpha value is -2.70. The van der Waals surface area contributed by atoms with Crippen LogP contribution in [0, 0.1) is 13.8 Å². The SMILES string of the molecule is Cc1ccc(CC(=O)N(C)CCN(O)CCN(C)C(=O)Cc2ccc(C)cc2)cc1. The zero-order valence-corrected chi connectivity index (χ0v) is 18.5. The number of benzene rings is 2. The van der Waals surface area contributed by atoms with Crippen molar-refractivity contribution in [1.29, 1.82) is 0 Å². The smallest absolute Gasteiger partial charge is 0.226 e. The molecule has 0 spiro atoms. The Balaban J connectivity index is 1.68. The highest BCUT2D eigenvalue weighted by Gasteiger charge is 2.13. The largest absolute Gasteiger partial charge is 0.344 e. The van der Waals surface area contributed by atoms with Crippen molar-refractivity contribution in [2.45, 2.75) is 26.7 Å². The van der Waals surface area contributed by atoms with Gasteiger partial charge in [0.2, 0.25) is 11.8 Å². The summed E-state index contributed by atoms with van der Waals surface area (Å²) >= 11 is 0. The number of rotatable bonds is 10. The van der Waals surface area contributed by atoms with E-state index in [2.05, 4.69) is 0 Å². The molecule has 0 bridgehead atoms. The van der Waals surface area contributed by atoms with Crippen LogP contribution in [-0.2, 0) is 22.4 Å². The molecule has 1 N–H and O–H groups in total. The van der Waals surface area contributed by atoms with Gasteiger partial charge in [-0.1, -0.05) is 59.7 Å². The second kappa shape index (κ2) is 11.5. The highest BCUT2D eigenvalue weighted by molar-refractivity contribution is 5.79. The minimum absolute atomic E-state index is 0.0117. The van der Waals surface area contributed by atoms with E-state index in [1.165, 1.54) is 0 Å². The molecule has 0 fully saturated rings. The molecule has 0 saturated carbocycles. The predicted molar refractivity (Wildman–Crippen MR) is 118 cm³/mol. The van der Waals surface area contributed by atoms with Gasteiger partial charge in [-0.25, -0.2) is 0 Å². The molecule has 0 saturated heterocycles. The minimum Gasteiger partial charge on any atom is -0.344 e. The van der Waals surface area contributed by atoms with Gasteiger partial charge in [0, 0.05) is 40.3 Å². The van der Waals surface area contributed by atoms with Crippen LogP contribution >= 0.6 is 0 Å². The van der Waals surface area contributed by atoms with Gasteiger partial charge in [-0.2, -0.15) is 5.06 Å². The number of amides is 2. The Bertz CT molecular complexity index is 749. The molecule has 6 nitrogen and oxygen atoms in total. The number of hydrogen-bond donors (Lipinski definition) is 1. The van der Waals surface area contributed by atoms with Gasteiger partial charge in [0.25, 0.3) is 0 Å². The fourth-order valence-corrected chi connectivity index (χ4v) is 2.92. The van der Waals surface area contributed by atoms with Gasteiger partial charge in [0.05, 0.1) is 12.8 Å². The molecule has 0 aliphatic rings. The quantitative estimate of drug-likeness (QED) is 0.611. The first-order chi connectivity index (χ1) is 14.2. The molecule has 0 aliphatic carbocycles. The maximum absolute atomic E-state index is 12.3. The van der Waals surface area contributed by atoms with Crippen LogP contribution in [0.1, 0.15) is 22.3 Å². The number of aryl methyl sites for hydroxylation is 2. The molecule has 0 heterocycles. The first-order valence-corrected chi connectivity index (χ1v) is 10.3. The standard InChI is InChI=1S/C24H33N3O3/c1-19-5-9-21(10-6-19)17-23(28)25(3)13-15-27(30)16-14-26(4)24(29)18-22-11-7-20(2)8-12-22/h5-12,30H,13-18H2,1-4H3. The summed E-state index contributed by atoms with van der Waals surface area (Å²) < 4.78 is 0. The van der Waals surface area contributed by atoms with Crippen LogP contribution < -0.4 is 0 Å². The monoisotopic (exact) mass is 411 g/mol. The van der Waals surface area contributed by atoms with Crippen molar-refractivity contribution in [2.75, 3.05) is 40.3 Å². The summed E-state index contributed by atoms with van der Waals surface area (Å²) in [6.07, 6.45) is 0.691. The van der Waals surface area contributed by atoms with Crippen LogP contribution in [0.2, 0.25) is 0 Å². The average molecular weight is 412 g/mol. The summed E-state index contributed by atoms with van der Waals surface area (Å²) in [6, 6.07) is 15.8. The third-order valence-corrected chi connectivity index (χ3v) is 5.19. The van der Waals surface area contributed by atoms with E-state index in [0.717, 1.165) is 27.3 Å². The van der Waals surface area contributed by atoms with Crippen LogP contribution in [-0.4, -0.2) is 72.2 Å². The zero-order valence-electron chi connectivity index (χ0n) is 18.5. The number of nitrogens with zero attached hydrogens (tertiary/aromatic N) is 3. The van der Waals surface area contributed by atoms with Gasteiger partial charge >= 0.3 is 0 Å². The number of carbonyl (C=O) groups excluding carboxylic acids is 2. The summed E-state index contributed by atoms with van der Waals surface area (Å²) in [6.45, 7) is 5.53. The van der Waals surface area contributed by atoms with Crippen molar-refractivity contribution in [3.8, 4) is 0 Å². The first-order valence-electron chi connectivity index (χ1n) is 10.3. The molecular formula is C24H33N3O3. The van der Waals surface area contributed by atoms with Crippen molar-refractivity contribution in [1.82, 2.24) is 14.9 Å². The van der Waals surface area contributed by atoms with Gasteiger partial charge in [0.1, 0.15) is 0 Å². The van der Waals surface area contributed by atoms with Crippen LogP contribution in [0.25, 0.3) is 0 Å². The Labute approximate surface area is 179 Å². The number of carbonyl (C=O) groups is 2. The average Bonchev–Trinajstić information content (AvgIpc) is 2.73. The van der Waals surface area contributed by atoms with Crippen LogP contribution in [0.5, 0.6) is 0 Å². The normalized spacial score (nSPS) is 10.9. The fourth-order valence-electron chi connectivity index (χ4n) is 2.92. The van der Waals surface area contributed by atoms with Gasteiger partial charge < -0.3 is 15.0 Å². The van der Waals surface area contributed by atoms with Crippen molar-refractivity contribution >= 4 is 11.8 Å². The maximum Gasteiger partial charge on any atom is 0.226 e. The van der Waals surface area contributed by atoms with E-state index in [1.807, 2.05) is 62.4 Å². The molecule has 0 atom stereocenters. The molecular weight excluding hydrogens is 378 g/mol. The van der Waals surface area contributed by atoms with E-state index in [1.54, 1.807) is 23.9 Å². The van der Waals surface area contributed by atoms with E-state index in [9.17, 15) is 14.8 Å². The Morgan fingerprint density at radius 1 is 0.667 bits per heavy atom. The van der Waals surface area contributed by atoms with Crippen LogP contribution in [0.15, 0.2) is 48.5 Å². The highest BCUT2D eigenvalue weighted by Crippen LogP contribution is 2.06. The molecule has 162 valence electrons. The molecule has 30 heavy (non-hydrogen) atoms. The van der Waals surface area contributed by atoms with Crippen LogP contribution in [0.4, 0.5) is 0 Å². The molecule has 0 unspecified atom stereocenters. The Morgan fingerprint density at radius 2 is 1.00 bits per heavy atom. The minimum atomic E-state index is 0.0117. The summed E-state index contributed by atoms with van der Waals surface area (Å²) in [5, 5.41) is 11.3. The van der Waals surface area contributed by atoms with Crippen molar-refractivity contribution in [2.24, 2.45) is 0 Å². The van der Waals surface area contributed by atoms with E-state index in [0.29, 0.717) is 39.0 Å². The topological polar surface area (TPSA) is 64.1 Å². The fraction of sp³-hybridized carbons (Fsp3) is 0.417. The van der Waals surface area contributed by atoms with E-state index in [-0.39, 0.29) is 11.8 Å². The number of likely N-dealkylation sites (N-methyl/N-ethyl adjacent to an activating group) is 2. The van der Waals surface area contributed by atoms with Crippen molar-refractivity contribution in [3.05, 3.63) is 70.8 Å². The summed E-state index contributed by atoms with van der Waals surface area (Å²) in [7, 11) is 3.48. The van der Waals surface area contributed by atoms with E-state index >= 15 is 0 Å². The maximum atomic E-state index is 12.3. The van der Waals surface area contributed by atoms with Gasteiger partial charge in [-0.3, -0.25) is 9.59 Å². The lowest BCUT2D eigenvalue weighted by atomic mass is 10.1. The van der Waals surface area contributed by atoms with Crippen LogP contribution in [0.3, 0.4) is 0 Å². The first kappa shape index (κ1) is 23.6. The molecule has 2 aromatic carbocycles. The molecule has 2 amide bonds.